The van der Waals surface area contributed by atoms with E-state index in [-0.39, 0.29) is 0 Å². The molecule has 0 fully saturated rings. The standard InChI is InChI=1S/C19H28N2/c1-15-7-5-9-17-12-11-16-8-3-4-10-18(16)21(19(15)17)14-6-13-20-2/h3,5,7-9,16,18,20H,4,6,10-14H2,1-2H3. The van der Waals surface area contributed by atoms with Crippen LogP contribution in [-0.2, 0) is 6.42 Å². The van der Waals surface area contributed by atoms with Gasteiger partial charge in [0.25, 0.3) is 0 Å². The van der Waals surface area contributed by atoms with Gasteiger partial charge in [0.2, 0.25) is 0 Å². The molecule has 2 atom stereocenters. The van der Waals surface area contributed by atoms with Crippen molar-refractivity contribution in [3.05, 3.63) is 41.5 Å². The van der Waals surface area contributed by atoms with E-state index in [0.717, 1.165) is 12.5 Å². The van der Waals surface area contributed by atoms with Gasteiger partial charge in [-0.2, -0.15) is 0 Å². The minimum atomic E-state index is 0.703. The Morgan fingerprint density at radius 1 is 1.29 bits per heavy atom. The van der Waals surface area contributed by atoms with Gasteiger partial charge >= 0.3 is 0 Å². The first-order valence-electron chi connectivity index (χ1n) is 8.47. The van der Waals surface area contributed by atoms with Crippen molar-refractivity contribution < 1.29 is 0 Å². The molecule has 2 nitrogen and oxygen atoms in total. The molecule has 1 heterocycles. The summed E-state index contributed by atoms with van der Waals surface area (Å²) in [6, 6.07) is 7.55. The van der Waals surface area contributed by atoms with Gasteiger partial charge in [0, 0.05) is 18.3 Å². The van der Waals surface area contributed by atoms with Crippen LogP contribution in [0.4, 0.5) is 5.69 Å². The normalized spacial score (nSPS) is 24.4. The monoisotopic (exact) mass is 284 g/mol. The fourth-order valence-corrected chi connectivity index (χ4v) is 4.08. The lowest BCUT2D eigenvalue weighted by Crippen LogP contribution is -2.42. The van der Waals surface area contributed by atoms with Gasteiger partial charge in [-0.05, 0) is 69.7 Å². The Bertz CT molecular complexity index is 506. The number of benzene rings is 1. The number of hydrogen-bond donors (Lipinski definition) is 1. The summed E-state index contributed by atoms with van der Waals surface area (Å²) in [5, 5.41) is 3.29. The zero-order chi connectivity index (χ0) is 14.7. The van der Waals surface area contributed by atoms with E-state index in [0.29, 0.717) is 6.04 Å². The van der Waals surface area contributed by atoms with Gasteiger partial charge in [-0.3, -0.25) is 0 Å². The highest BCUT2D eigenvalue weighted by Crippen LogP contribution is 2.38. The summed E-state index contributed by atoms with van der Waals surface area (Å²) in [7, 11) is 2.05. The van der Waals surface area contributed by atoms with Gasteiger partial charge in [-0.1, -0.05) is 30.4 Å². The largest absolute Gasteiger partial charge is 0.367 e. The van der Waals surface area contributed by atoms with Crippen molar-refractivity contribution in [1.82, 2.24) is 5.32 Å². The highest BCUT2D eigenvalue weighted by Gasteiger charge is 2.32. The van der Waals surface area contributed by atoms with E-state index < -0.39 is 0 Å². The van der Waals surface area contributed by atoms with Crippen molar-refractivity contribution >= 4 is 5.69 Å². The molecule has 1 aliphatic heterocycles. The summed E-state index contributed by atoms with van der Waals surface area (Å²) in [6.45, 7) is 4.56. The molecule has 0 amide bonds. The zero-order valence-corrected chi connectivity index (χ0v) is 13.4. The molecule has 0 spiro atoms. The molecule has 0 aromatic heterocycles. The number of nitrogens with zero attached hydrogens (tertiary/aromatic N) is 1. The van der Waals surface area contributed by atoms with Gasteiger partial charge in [-0.25, -0.2) is 0 Å². The lowest BCUT2D eigenvalue weighted by atomic mass is 9.86. The fraction of sp³-hybridized carbons (Fsp3) is 0.579. The Balaban J connectivity index is 1.94. The quantitative estimate of drug-likeness (QED) is 0.670. The van der Waals surface area contributed by atoms with Crippen molar-refractivity contribution in [2.45, 2.75) is 45.1 Å². The molecule has 0 bridgehead atoms. The SMILES string of the molecule is CNCCCN1c2c(C)cccc2CCC2C=CCCC21. The molecule has 114 valence electrons. The van der Waals surface area contributed by atoms with Gasteiger partial charge in [0.15, 0.2) is 0 Å². The number of hydrogen-bond acceptors (Lipinski definition) is 2. The maximum absolute atomic E-state index is 3.29. The summed E-state index contributed by atoms with van der Waals surface area (Å²) >= 11 is 0. The Morgan fingerprint density at radius 3 is 3.05 bits per heavy atom. The first-order valence-corrected chi connectivity index (χ1v) is 8.47. The number of nitrogens with one attached hydrogen (secondary N) is 1. The lowest BCUT2D eigenvalue weighted by molar-refractivity contribution is 0.409. The summed E-state index contributed by atoms with van der Waals surface area (Å²) in [5.41, 5.74) is 4.55. The smallest absolute Gasteiger partial charge is 0.0431 e. The van der Waals surface area contributed by atoms with Crippen LogP contribution in [0.15, 0.2) is 30.4 Å². The molecule has 1 aromatic carbocycles. The average molecular weight is 284 g/mol. The summed E-state index contributed by atoms with van der Waals surface area (Å²) in [5.74, 6) is 0.736. The van der Waals surface area contributed by atoms with Gasteiger partial charge < -0.3 is 10.2 Å². The third-order valence-electron chi connectivity index (χ3n) is 5.09. The fourth-order valence-electron chi connectivity index (χ4n) is 4.08. The maximum atomic E-state index is 3.29. The number of rotatable bonds is 4. The number of aryl methyl sites for hydroxylation is 2. The Morgan fingerprint density at radius 2 is 2.19 bits per heavy atom. The third kappa shape index (κ3) is 3.01. The van der Waals surface area contributed by atoms with Crippen molar-refractivity contribution in [2.24, 2.45) is 5.92 Å². The first kappa shape index (κ1) is 14.6. The molecule has 3 rings (SSSR count). The van der Waals surface area contributed by atoms with Crippen LogP contribution in [0.2, 0.25) is 0 Å². The van der Waals surface area contributed by atoms with Crippen LogP contribution in [-0.4, -0.2) is 26.2 Å². The van der Waals surface area contributed by atoms with E-state index in [1.54, 1.807) is 5.56 Å². The van der Waals surface area contributed by atoms with Crippen LogP contribution < -0.4 is 10.2 Å². The number of fused-ring (bicyclic) bond motifs is 2. The number of allylic oxidation sites excluding steroid dienone is 1. The molecule has 21 heavy (non-hydrogen) atoms. The highest BCUT2D eigenvalue weighted by molar-refractivity contribution is 5.61. The molecule has 2 heteroatoms. The molecule has 2 unspecified atom stereocenters. The molecular weight excluding hydrogens is 256 g/mol. The number of anilines is 1. The van der Waals surface area contributed by atoms with E-state index in [1.165, 1.54) is 49.9 Å². The van der Waals surface area contributed by atoms with Gasteiger partial charge in [0.05, 0.1) is 0 Å². The van der Waals surface area contributed by atoms with Crippen molar-refractivity contribution in [3.63, 3.8) is 0 Å². The Hall–Kier alpha value is -1.28. The molecule has 0 saturated heterocycles. The Labute approximate surface area is 129 Å². The third-order valence-corrected chi connectivity index (χ3v) is 5.09. The predicted molar refractivity (Wildman–Crippen MR) is 91.0 cm³/mol. The van der Waals surface area contributed by atoms with Crippen molar-refractivity contribution in [3.8, 4) is 0 Å². The van der Waals surface area contributed by atoms with Crippen LogP contribution in [0, 0.1) is 12.8 Å². The summed E-state index contributed by atoms with van der Waals surface area (Å²) < 4.78 is 0. The molecule has 1 aliphatic carbocycles. The van der Waals surface area contributed by atoms with Crippen molar-refractivity contribution in [2.75, 3.05) is 25.0 Å². The minimum absolute atomic E-state index is 0.703. The summed E-state index contributed by atoms with van der Waals surface area (Å²) in [4.78, 5) is 2.74. The molecule has 1 N–H and O–H groups in total. The average Bonchev–Trinajstić information content (AvgIpc) is 2.66. The molecule has 1 aromatic rings. The van der Waals surface area contributed by atoms with E-state index in [1.807, 2.05) is 7.05 Å². The van der Waals surface area contributed by atoms with Crippen LogP contribution in [0.25, 0.3) is 0 Å². The Kier molecular flexibility index (Phi) is 4.64. The van der Waals surface area contributed by atoms with Crippen LogP contribution in [0.5, 0.6) is 0 Å². The van der Waals surface area contributed by atoms with Crippen LogP contribution >= 0.6 is 0 Å². The second kappa shape index (κ2) is 6.65. The highest BCUT2D eigenvalue weighted by atomic mass is 15.2. The minimum Gasteiger partial charge on any atom is -0.367 e. The molecular formula is C19H28N2. The van der Waals surface area contributed by atoms with Gasteiger partial charge in [0.1, 0.15) is 0 Å². The second-order valence-corrected chi connectivity index (χ2v) is 6.51. The maximum Gasteiger partial charge on any atom is 0.0431 e. The van der Waals surface area contributed by atoms with E-state index >= 15 is 0 Å². The lowest BCUT2D eigenvalue weighted by Gasteiger charge is -2.39. The summed E-state index contributed by atoms with van der Waals surface area (Å²) in [6.07, 6.45) is 11.2. The first-order chi connectivity index (χ1) is 10.3. The molecule has 2 aliphatic rings. The van der Waals surface area contributed by atoms with E-state index in [4.69, 9.17) is 0 Å². The van der Waals surface area contributed by atoms with Crippen molar-refractivity contribution in [1.29, 1.82) is 0 Å². The second-order valence-electron chi connectivity index (χ2n) is 6.51. The number of para-hydroxylation sites is 1. The topological polar surface area (TPSA) is 15.3 Å². The van der Waals surface area contributed by atoms with E-state index in [9.17, 15) is 0 Å². The van der Waals surface area contributed by atoms with Gasteiger partial charge in [-0.15, -0.1) is 0 Å². The van der Waals surface area contributed by atoms with Crippen LogP contribution in [0.1, 0.15) is 36.8 Å². The van der Waals surface area contributed by atoms with Crippen LogP contribution in [0.3, 0.4) is 0 Å². The predicted octanol–water partition coefficient (Wildman–Crippen LogP) is 3.69. The van der Waals surface area contributed by atoms with E-state index in [2.05, 4.69) is 47.5 Å². The zero-order valence-electron chi connectivity index (χ0n) is 13.4. The molecule has 0 radical (unpaired) electrons. The molecule has 0 saturated carbocycles.